The Hall–Kier alpha value is -2.55. The van der Waals surface area contributed by atoms with Crippen LogP contribution >= 0.6 is 0 Å². The quantitative estimate of drug-likeness (QED) is 0.680. The first-order valence-corrected chi connectivity index (χ1v) is 6.26. The standard InChI is InChI=1S/C17H16O3/c1-12-6-9-17(20-2)14(10-12)7-8-16(19)13-4-3-5-15(18)11-13/h3-11,18H,1-2H3/b8-7+. The molecule has 20 heavy (non-hydrogen) atoms. The van der Waals surface area contributed by atoms with Crippen molar-refractivity contribution >= 4 is 11.9 Å². The molecule has 0 aliphatic rings. The highest BCUT2D eigenvalue weighted by Gasteiger charge is 2.04. The highest BCUT2D eigenvalue weighted by Crippen LogP contribution is 2.21. The molecule has 0 aliphatic carbocycles. The third-order valence-corrected chi connectivity index (χ3v) is 2.93. The number of benzene rings is 2. The van der Waals surface area contributed by atoms with Gasteiger partial charge < -0.3 is 9.84 Å². The first-order chi connectivity index (χ1) is 9.60. The Balaban J connectivity index is 2.25. The number of phenolic OH excluding ortho intramolecular Hbond substituents is 1. The van der Waals surface area contributed by atoms with Gasteiger partial charge in [0.1, 0.15) is 11.5 Å². The Morgan fingerprint density at radius 2 is 2.00 bits per heavy atom. The molecule has 0 amide bonds. The van der Waals surface area contributed by atoms with Crippen molar-refractivity contribution in [2.75, 3.05) is 7.11 Å². The van der Waals surface area contributed by atoms with Crippen LogP contribution in [-0.2, 0) is 0 Å². The second kappa shape index (κ2) is 6.06. The summed E-state index contributed by atoms with van der Waals surface area (Å²) in [6, 6.07) is 12.1. The summed E-state index contributed by atoms with van der Waals surface area (Å²) in [5, 5.41) is 9.37. The van der Waals surface area contributed by atoms with Crippen molar-refractivity contribution in [1.82, 2.24) is 0 Å². The fraction of sp³-hybridized carbons (Fsp3) is 0.118. The largest absolute Gasteiger partial charge is 0.508 e. The van der Waals surface area contributed by atoms with Gasteiger partial charge in [0.15, 0.2) is 5.78 Å². The highest BCUT2D eigenvalue weighted by molar-refractivity contribution is 6.07. The molecule has 2 aromatic rings. The number of hydrogen-bond donors (Lipinski definition) is 1. The number of carbonyl (C=O) groups is 1. The zero-order valence-corrected chi connectivity index (χ0v) is 11.5. The third kappa shape index (κ3) is 3.26. The van der Waals surface area contributed by atoms with Crippen LogP contribution in [0.3, 0.4) is 0 Å². The van der Waals surface area contributed by atoms with Crippen LogP contribution in [0.5, 0.6) is 11.5 Å². The number of hydrogen-bond acceptors (Lipinski definition) is 3. The molecule has 0 atom stereocenters. The van der Waals surface area contributed by atoms with Crippen molar-refractivity contribution in [1.29, 1.82) is 0 Å². The maximum absolute atomic E-state index is 12.0. The normalized spacial score (nSPS) is 10.7. The van der Waals surface area contributed by atoms with Crippen LogP contribution in [0.1, 0.15) is 21.5 Å². The lowest BCUT2D eigenvalue weighted by atomic mass is 10.1. The molecule has 0 heterocycles. The number of phenols is 1. The van der Waals surface area contributed by atoms with Crippen LogP contribution in [0.4, 0.5) is 0 Å². The van der Waals surface area contributed by atoms with Gasteiger partial charge in [0.2, 0.25) is 0 Å². The summed E-state index contributed by atoms with van der Waals surface area (Å²) in [5.74, 6) is 0.636. The molecule has 102 valence electrons. The van der Waals surface area contributed by atoms with E-state index in [1.165, 1.54) is 18.2 Å². The van der Waals surface area contributed by atoms with Crippen molar-refractivity contribution in [3.8, 4) is 11.5 Å². The van der Waals surface area contributed by atoms with Crippen LogP contribution in [0.25, 0.3) is 6.08 Å². The van der Waals surface area contributed by atoms with Gasteiger partial charge in [-0.25, -0.2) is 0 Å². The Morgan fingerprint density at radius 1 is 1.20 bits per heavy atom. The number of methoxy groups -OCH3 is 1. The number of carbonyl (C=O) groups excluding carboxylic acids is 1. The van der Waals surface area contributed by atoms with E-state index in [2.05, 4.69) is 0 Å². The minimum atomic E-state index is -0.163. The summed E-state index contributed by atoms with van der Waals surface area (Å²) in [5.41, 5.74) is 2.39. The van der Waals surface area contributed by atoms with Gasteiger partial charge in [0.05, 0.1) is 7.11 Å². The monoisotopic (exact) mass is 268 g/mol. The van der Waals surface area contributed by atoms with Crippen LogP contribution in [0.15, 0.2) is 48.5 Å². The van der Waals surface area contributed by atoms with Crippen LogP contribution in [0, 0.1) is 6.92 Å². The molecule has 0 saturated heterocycles. The van der Waals surface area contributed by atoms with E-state index in [1.54, 1.807) is 25.3 Å². The minimum absolute atomic E-state index is 0.0809. The molecular weight excluding hydrogens is 252 g/mol. The lowest BCUT2D eigenvalue weighted by molar-refractivity contribution is 0.104. The van der Waals surface area contributed by atoms with E-state index >= 15 is 0 Å². The summed E-state index contributed by atoms with van der Waals surface area (Å²) in [7, 11) is 1.60. The molecule has 2 rings (SSSR count). The maximum atomic E-state index is 12.0. The van der Waals surface area contributed by atoms with Crippen molar-refractivity contribution in [3.05, 3.63) is 65.2 Å². The van der Waals surface area contributed by atoms with Gasteiger partial charge >= 0.3 is 0 Å². The molecule has 0 radical (unpaired) electrons. The predicted molar refractivity (Wildman–Crippen MR) is 79.2 cm³/mol. The zero-order valence-electron chi connectivity index (χ0n) is 11.5. The van der Waals surface area contributed by atoms with E-state index in [0.717, 1.165) is 16.9 Å². The van der Waals surface area contributed by atoms with Gasteiger partial charge in [-0.3, -0.25) is 4.79 Å². The summed E-state index contributed by atoms with van der Waals surface area (Å²) in [6.45, 7) is 1.98. The average molecular weight is 268 g/mol. The number of ketones is 1. The lowest BCUT2D eigenvalue weighted by Gasteiger charge is -2.05. The molecule has 1 N–H and O–H groups in total. The molecule has 0 saturated carbocycles. The molecule has 0 fully saturated rings. The topological polar surface area (TPSA) is 46.5 Å². The fourth-order valence-electron chi connectivity index (χ4n) is 1.90. The molecular formula is C17H16O3. The summed E-state index contributed by atoms with van der Waals surface area (Å²) >= 11 is 0. The summed E-state index contributed by atoms with van der Waals surface area (Å²) < 4.78 is 5.25. The highest BCUT2D eigenvalue weighted by atomic mass is 16.5. The lowest BCUT2D eigenvalue weighted by Crippen LogP contribution is -1.94. The fourth-order valence-corrected chi connectivity index (χ4v) is 1.90. The van der Waals surface area contributed by atoms with Gasteiger partial charge in [-0.05, 0) is 43.3 Å². The molecule has 3 heteroatoms. The molecule has 0 aromatic heterocycles. The van der Waals surface area contributed by atoms with E-state index < -0.39 is 0 Å². The zero-order chi connectivity index (χ0) is 14.5. The first kappa shape index (κ1) is 13.9. The van der Waals surface area contributed by atoms with Crippen molar-refractivity contribution in [2.24, 2.45) is 0 Å². The summed E-state index contributed by atoms with van der Waals surface area (Å²) in [6.07, 6.45) is 3.20. The smallest absolute Gasteiger partial charge is 0.185 e. The van der Waals surface area contributed by atoms with Crippen LogP contribution in [0.2, 0.25) is 0 Å². The Labute approximate surface area is 118 Å². The molecule has 0 bridgehead atoms. The number of aryl methyl sites for hydroxylation is 1. The SMILES string of the molecule is COc1ccc(C)cc1/C=C/C(=O)c1cccc(O)c1. The predicted octanol–water partition coefficient (Wildman–Crippen LogP) is 3.61. The third-order valence-electron chi connectivity index (χ3n) is 2.93. The number of ether oxygens (including phenoxy) is 1. The van der Waals surface area contributed by atoms with Crippen molar-refractivity contribution in [2.45, 2.75) is 6.92 Å². The van der Waals surface area contributed by atoms with E-state index in [1.807, 2.05) is 25.1 Å². The average Bonchev–Trinajstić information content (AvgIpc) is 2.45. The molecule has 0 aliphatic heterocycles. The molecule has 0 unspecified atom stereocenters. The second-order valence-electron chi connectivity index (χ2n) is 4.49. The Kier molecular flexibility index (Phi) is 4.20. The van der Waals surface area contributed by atoms with Crippen molar-refractivity contribution in [3.63, 3.8) is 0 Å². The Morgan fingerprint density at radius 3 is 2.70 bits per heavy atom. The van der Waals surface area contributed by atoms with E-state index in [0.29, 0.717) is 5.56 Å². The van der Waals surface area contributed by atoms with E-state index in [4.69, 9.17) is 4.74 Å². The van der Waals surface area contributed by atoms with Crippen molar-refractivity contribution < 1.29 is 14.6 Å². The maximum Gasteiger partial charge on any atom is 0.185 e. The van der Waals surface area contributed by atoms with Gasteiger partial charge in [0, 0.05) is 11.1 Å². The van der Waals surface area contributed by atoms with E-state index in [9.17, 15) is 9.90 Å². The van der Waals surface area contributed by atoms with Gasteiger partial charge in [-0.2, -0.15) is 0 Å². The molecule has 2 aromatic carbocycles. The Bertz CT molecular complexity index is 657. The number of aromatic hydroxyl groups is 1. The van der Waals surface area contributed by atoms with E-state index in [-0.39, 0.29) is 11.5 Å². The molecule has 3 nitrogen and oxygen atoms in total. The minimum Gasteiger partial charge on any atom is -0.508 e. The van der Waals surface area contributed by atoms with Gasteiger partial charge in [-0.1, -0.05) is 23.8 Å². The number of allylic oxidation sites excluding steroid dienone is 1. The first-order valence-electron chi connectivity index (χ1n) is 6.26. The van der Waals surface area contributed by atoms with Crippen LogP contribution < -0.4 is 4.74 Å². The summed E-state index contributed by atoms with van der Waals surface area (Å²) in [4.78, 5) is 12.0. The second-order valence-corrected chi connectivity index (χ2v) is 4.49. The van der Waals surface area contributed by atoms with Crippen LogP contribution in [-0.4, -0.2) is 18.0 Å². The van der Waals surface area contributed by atoms with Gasteiger partial charge in [0.25, 0.3) is 0 Å². The van der Waals surface area contributed by atoms with Gasteiger partial charge in [-0.15, -0.1) is 0 Å². The number of rotatable bonds is 4. The molecule has 0 spiro atoms.